The van der Waals surface area contributed by atoms with Gasteiger partial charge in [0.15, 0.2) is 0 Å². The number of aromatic nitrogens is 4. The average molecular weight is 314 g/mol. The van der Waals surface area contributed by atoms with E-state index in [4.69, 9.17) is 5.73 Å². The van der Waals surface area contributed by atoms with Crippen LogP contribution in [0.4, 0.5) is 5.82 Å². The minimum atomic E-state index is 0.612. The molecule has 6 nitrogen and oxygen atoms in total. The molecule has 3 rings (SSSR count). The van der Waals surface area contributed by atoms with E-state index in [-0.39, 0.29) is 0 Å². The molecule has 7 heteroatoms. The summed E-state index contributed by atoms with van der Waals surface area (Å²) in [6, 6.07) is 2.06. The second-order valence-electron chi connectivity index (χ2n) is 4.55. The molecule has 22 heavy (non-hydrogen) atoms. The number of nitrogens with zero attached hydrogens (tertiary/aromatic N) is 3. The lowest BCUT2D eigenvalue weighted by Crippen LogP contribution is -2.03. The Labute approximate surface area is 133 Å². The molecule has 4 N–H and O–H groups in total. The first-order valence-corrected chi connectivity index (χ1v) is 7.71. The Morgan fingerprint density at radius 2 is 2.18 bits per heavy atom. The largest absolute Gasteiger partial charge is 0.364 e. The van der Waals surface area contributed by atoms with Crippen molar-refractivity contribution in [2.45, 2.75) is 19.9 Å². The lowest BCUT2D eigenvalue weighted by Gasteiger charge is -2.05. The van der Waals surface area contributed by atoms with Gasteiger partial charge in [0.25, 0.3) is 0 Å². The first-order chi connectivity index (χ1) is 10.8. The Bertz CT molecular complexity index is 744. The zero-order valence-electron chi connectivity index (χ0n) is 12.3. The zero-order chi connectivity index (χ0) is 15.9. The number of hydrogen-bond donors (Lipinski definition) is 3. The van der Waals surface area contributed by atoms with Crippen molar-refractivity contribution in [3.8, 4) is 12.8 Å². The van der Waals surface area contributed by atoms with Crippen LogP contribution in [0.1, 0.15) is 17.2 Å². The van der Waals surface area contributed by atoms with Crippen molar-refractivity contribution in [1.82, 2.24) is 19.9 Å². The van der Waals surface area contributed by atoms with Gasteiger partial charge in [-0.2, -0.15) is 0 Å². The van der Waals surface area contributed by atoms with Gasteiger partial charge in [0.1, 0.15) is 17.3 Å². The van der Waals surface area contributed by atoms with Crippen LogP contribution in [0, 0.1) is 19.8 Å². The number of aryl methyl sites for hydroxylation is 1. The van der Waals surface area contributed by atoms with E-state index in [0.717, 1.165) is 40.5 Å². The molecule has 0 aliphatic carbocycles. The molecule has 0 bridgehead atoms. The van der Waals surface area contributed by atoms with E-state index >= 15 is 0 Å². The van der Waals surface area contributed by atoms with Crippen molar-refractivity contribution in [3.63, 3.8) is 0 Å². The molecule has 114 valence electrons. The minimum Gasteiger partial charge on any atom is -0.364 e. The lowest BCUT2D eigenvalue weighted by molar-refractivity contribution is 0.936. The van der Waals surface area contributed by atoms with Crippen LogP contribution in [-0.2, 0) is 13.0 Å². The Morgan fingerprint density at radius 3 is 2.86 bits per heavy atom. The van der Waals surface area contributed by atoms with Crippen molar-refractivity contribution < 1.29 is 0 Å². The fraction of sp³-hybridized carbons (Fsp3) is 0.267. The molecule has 0 saturated heterocycles. The fourth-order valence-corrected chi connectivity index (χ4v) is 2.66. The normalized spacial score (nSPS) is 10.2. The number of rotatable bonds is 5. The van der Waals surface area contributed by atoms with Gasteiger partial charge in [-0.3, -0.25) is 0 Å². The molecule has 0 unspecified atom stereocenters. The number of terminal acetylenes is 1. The van der Waals surface area contributed by atoms with Crippen LogP contribution in [-0.4, -0.2) is 26.5 Å². The second kappa shape index (κ2) is 7.54. The first kappa shape index (κ1) is 15.9. The van der Waals surface area contributed by atoms with E-state index in [9.17, 15) is 0 Å². The second-order valence-corrected chi connectivity index (χ2v) is 5.27. The van der Waals surface area contributed by atoms with E-state index in [2.05, 4.69) is 44.2 Å². The third-order valence-corrected chi connectivity index (χ3v) is 3.62. The molecular weight excluding hydrogens is 296 g/mol. The van der Waals surface area contributed by atoms with Crippen molar-refractivity contribution >= 4 is 28.2 Å². The van der Waals surface area contributed by atoms with Gasteiger partial charge in [-0.15, -0.1) is 24.2 Å². The van der Waals surface area contributed by atoms with Gasteiger partial charge in [-0.1, -0.05) is 0 Å². The molecule has 0 aliphatic rings. The van der Waals surface area contributed by atoms with Crippen molar-refractivity contribution in [1.29, 1.82) is 0 Å². The van der Waals surface area contributed by atoms with Crippen LogP contribution >= 0.6 is 11.3 Å². The maximum absolute atomic E-state index is 5.59. The van der Waals surface area contributed by atoms with E-state index in [1.807, 2.05) is 17.8 Å². The molecule has 0 aromatic carbocycles. The van der Waals surface area contributed by atoms with Crippen LogP contribution in [0.15, 0.2) is 17.0 Å². The van der Waals surface area contributed by atoms with Crippen LogP contribution in [0.25, 0.3) is 11.0 Å². The zero-order valence-corrected chi connectivity index (χ0v) is 13.2. The topological polar surface area (TPSA) is 92.5 Å². The summed E-state index contributed by atoms with van der Waals surface area (Å²) >= 11 is 1.59. The number of nitrogens with two attached hydrogens (primary N) is 1. The highest BCUT2D eigenvalue weighted by atomic mass is 32.1. The summed E-state index contributed by atoms with van der Waals surface area (Å²) < 4.78 is 0. The smallest absolute Gasteiger partial charge is 0.143 e. The molecule has 3 aromatic rings. The van der Waals surface area contributed by atoms with Crippen molar-refractivity contribution in [2.24, 2.45) is 5.73 Å². The SMILES string of the molecule is C#C.Cc1nc(NCc2cscn2)c2cc(CCN)[nH]c2n1. The molecule has 3 heterocycles. The van der Waals surface area contributed by atoms with Crippen LogP contribution < -0.4 is 11.1 Å². The molecule has 0 fully saturated rings. The van der Waals surface area contributed by atoms with Crippen molar-refractivity contribution in [2.75, 3.05) is 11.9 Å². The Morgan fingerprint density at radius 1 is 1.36 bits per heavy atom. The summed E-state index contributed by atoms with van der Waals surface area (Å²) in [5.41, 5.74) is 10.4. The maximum Gasteiger partial charge on any atom is 0.143 e. The summed E-state index contributed by atoms with van der Waals surface area (Å²) in [5, 5.41) is 6.35. The lowest BCUT2D eigenvalue weighted by atomic mass is 10.3. The number of thiazole rings is 1. The molecule has 3 aromatic heterocycles. The standard InChI is InChI=1S/C13H16N6S.C2H2/c1-8-17-12(15-5-10-6-20-7-16-10)11-4-9(2-3-14)19-13(11)18-8;1-2/h4,6-7H,2-3,5,14H2,1H3,(H2,15,17,18,19);1-2H. The Hall–Kier alpha value is -2.43. The van der Waals surface area contributed by atoms with Crippen molar-refractivity contribution in [3.05, 3.63) is 34.2 Å². The van der Waals surface area contributed by atoms with Crippen LogP contribution in [0.2, 0.25) is 0 Å². The quantitative estimate of drug-likeness (QED) is 0.627. The van der Waals surface area contributed by atoms with Gasteiger partial charge in [-0.25, -0.2) is 15.0 Å². The Balaban J connectivity index is 0.000000847. The molecular formula is C15H18N6S. The third-order valence-electron chi connectivity index (χ3n) is 2.99. The summed E-state index contributed by atoms with van der Waals surface area (Å²) in [5.74, 6) is 1.57. The first-order valence-electron chi connectivity index (χ1n) is 6.77. The fourth-order valence-electron chi connectivity index (χ4n) is 2.10. The predicted molar refractivity (Wildman–Crippen MR) is 90.7 cm³/mol. The van der Waals surface area contributed by atoms with E-state index in [0.29, 0.717) is 13.1 Å². The predicted octanol–water partition coefficient (Wildman–Crippen LogP) is 2.09. The number of aromatic amines is 1. The highest BCUT2D eigenvalue weighted by Crippen LogP contribution is 2.22. The Kier molecular flexibility index (Phi) is 5.47. The summed E-state index contributed by atoms with van der Waals surface area (Å²) in [6.07, 6.45) is 8.81. The third kappa shape index (κ3) is 3.61. The van der Waals surface area contributed by atoms with Crippen LogP contribution in [0.5, 0.6) is 0 Å². The average Bonchev–Trinajstić information content (AvgIpc) is 3.16. The number of nitrogens with one attached hydrogen (secondary N) is 2. The van der Waals surface area contributed by atoms with Gasteiger partial charge < -0.3 is 16.0 Å². The monoisotopic (exact) mass is 314 g/mol. The maximum atomic E-state index is 5.59. The van der Waals surface area contributed by atoms with E-state index in [1.54, 1.807) is 11.3 Å². The number of fused-ring (bicyclic) bond motifs is 1. The summed E-state index contributed by atoms with van der Waals surface area (Å²) in [7, 11) is 0. The van der Waals surface area contributed by atoms with E-state index < -0.39 is 0 Å². The van der Waals surface area contributed by atoms with Crippen LogP contribution in [0.3, 0.4) is 0 Å². The minimum absolute atomic E-state index is 0.612. The molecule has 0 spiro atoms. The molecule has 0 radical (unpaired) electrons. The van der Waals surface area contributed by atoms with Gasteiger partial charge >= 0.3 is 0 Å². The van der Waals surface area contributed by atoms with Gasteiger partial charge in [-0.05, 0) is 26.0 Å². The van der Waals surface area contributed by atoms with E-state index in [1.165, 1.54) is 0 Å². The van der Waals surface area contributed by atoms with Gasteiger partial charge in [0.2, 0.25) is 0 Å². The highest BCUT2D eigenvalue weighted by molar-refractivity contribution is 7.07. The summed E-state index contributed by atoms with van der Waals surface area (Å²) in [4.78, 5) is 16.4. The molecule has 0 saturated carbocycles. The van der Waals surface area contributed by atoms with Gasteiger partial charge in [0.05, 0.1) is 23.1 Å². The number of hydrogen-bond acceptors (Lipinski definition) is 6. The summed E-state index contributed by atoms with van der Waals surface area (Å²) in [6.45, 7) is 3.16. The molecule has 0 atom stereocenters. The molecule has 0 aliphatic heterocycles. The molecule has 0 amide bonds. The number of anilines is 1. The van der Waals surface area contributed by atoms with Gasteiger partial charge in [0, 0.05) is 11.1 Å². The number of H-pyrrole nitrogens is 1. The highest BCUT2D eigenvalue weighted by Gasteiger charge is 2.09.